The Morgan fingerprint density at radius 1 is 1.39 bits per heavy atom. The fourth-order valence-corrected chi connectivity index (χ4v) is 3.34. The zero-order valence-electron chi connectivity index (χ0n) is 12.0. The van der Waals surface area contributed by atoms with Crippen molar-refractivity contribution >= 4 is 0 Å². The zero-order chi connectivity index (χ0) is 13.0. The third-order valence-corrected chi connectivity index (χ3v) is 4.64. The highest BCUT2D eigenvalue weighted by atomic mass is 15.2. The average molecular weight is 249 g/mol. The number of rotatable bonds is 5. The van der Waals surface area contributed by atoms with E-state index in [4.69, 9.17) is 0 Å². The molecular formula is C15H27N3. The molecule has 0 aliphatic carbocycles. The molecule has 0 bridgehead atoms. The van der Waals surface area contributed by atoms with Crippen LogP contribution in [0.1, 0.15) is 51.3 Å². The third kappa shape index (κ3) is 2.47. The van der Waals surface area contributed by atoms with E-state index in [0.29, 0.717) is 6.04 Å². The summed E-state index contributed by atoms with van der Waals surface area (Å²) in [5, 5.41) is 3.52. The first-order valence-corrected chi connectivity index (χ1v) is 7.28. The minimum absolute atomic E-state index is 0.194. The molecule has 2 atom stereocenters. The molecule has 0 spiro atoms. The van der Waals surface area contributed by atoms with Gasteiger partial charge in [-0.2, -0.15) is 0 Å². The van der Waals surface area contributed by atoms with E-state index < -0.39 is 0 Å². The van der Waals surface area contributed by atoms with Gasteiger partial charge < -0.3 is 10.3 Å². The largest absolute Gasteiger partial charge is 0.364 e. The van der Waals surface area contributed by atoms with Crippen LogP contribution in [0.4, 0.5) is 0 Å². The minimum atomic E-state index is 0.194. The Morgan fingerprint density at radius 3 is 2.61 bits per heavy atom. The lowest BCUT2D eigenvalue weighted by Crippen LogP contribution is -2.55. The number of likely N-dealkylation sites (N-methyl/N-ethyl adjacent to an activating group) is 1. The van der Waals surface area contributed by atoms with Gasteiger partial charge in [0.1, 0.15) is 0 Å². The van der Waals surface area contributed by atoms with Gasteiger partial charge >= 0.3 is 0 Å². The fourth-order valence-electron chi connectivity index (χ4n) is 3.34. The lowest BCUT2D eigenvalue weighted by Gasteiger charge is -2.47. The summed E-state index contributed by atoms with van der Waals surface area (Å²) in [6, 6.07) is 4.65. The van der Waals surface area contributed by atoms with Crippen molar-refractivity contribution in [3.8, 4) is 0 Å². The summed E-state index contributed by atoms with van der Waals surface area (Å²) in [5.41, 5.74) is 1.49. The molecule has 1 aromatic heterocycles. The van der Waals surface area contributed by atoms with Gasteiger partial charge in [-0.25, -0.2) is 0 Å². The lowest BCUT2D eigenvalue weighted by atomic mass is 9.84. The first-order valence-electron chi connectivity index (χ1n) is 7.28. The summed E-state index contributed by atoms with van der Waals surface area (Å²) in [6.07, 6.45) is 7.26. The number of H-pyrrole nitrogens is 1. The monoisotopic (exact) mass is 249 g/mol. The van der Waals surface area contributed by atoms with Crippen molar-refractivity contribution < 1.29 is 0 Å². The van der Waals surface area contributed by atoms with E-state index in [9.17, 15) is 0 Å². The zero-order valence-corrected chi connectivity index (χ0v) is 12.0. The highest BCUT2D eigenvalue weighted by Crippen LogP contribution is 2.35. The van der Waals surface area contributed by atoms with Crippen molar-refractivity contribution in [3.05, 3.63) is 24.0 Å². The Bertz CT molecular complexity index is 341. The Hall–Kier alpha value is -0.800. The molecule has 2 rings (SSSR count). The molecule has 0 radical (unpaired) electrons. The molecule has 0 aromatic carbocycles. The molecular weight excluding hydrogens is 222 g/mol. The number of aromatic amines is 1. The smallest absolute Gasteiger partial charge is 0.0654 e. The molecule has 0 amide bonds. The number of piperidine rings is 1. The van der Waals surface area contributed by atoms with Crippen LogP contribution in [0.5, 0.6) is 0 Å². The van der Waals surface area contributed by atoms with E-state index in [1.807, 2.05) is 6.20 Å². The molecule has 1 fully saturated rings. The van der Waals surface area contributed by atoms with Crippen molar-refractivity contribution in [1.82, 2.24) is 15.2 Å². The highest BCUT2D eigenvalue weighted by molar-refractivity contribution is 5.15. The maximum atomic E-state index is 3.52. The van der Waals surface area contributed by atoms with Crippen LogP contribution < -0.4 is 5.32 Å². The van der Waals surface area contributed by atoms with Gasteiger partial charge in [-0.3, -0.25) is 4.90 Å². The number of aromatic nitrogens is 1. The second-order valence-electron chi connectivity index (χ2n) is 5.61. The van der Waals surface area contributed by atoms with Gasteiger partial charge in [0.2, 0.25) is 0 Å². The Morgan fingerprint density at radius 2 is 2.11 bits per heavy atom. The first-order chi connectivity index (χ1) is 8.72. The summed E-state index contributed by atoms with van der Waals surface area (Å²) in [7, 11) is 2.07. The summed E-state index contributed by atoms with van der Waals surface area (Å²) < 4.78 is 0. The van der Waals surface area contributed by atoms with Gasteiger partial charge in [0.05, 0.1) is 6.04 Å². The molecule has 3 heteroatoms. The number of hydrogen-bond donors (Lipinski definition) is 2. The van der Waals surface area contributed by atoms with Crippen molar-refractivity contribution in [2.75, 3.05) is 20.1 Å². The molecule has 2 N–H and O–H groups in total. The molecule has 2 unspecified atom stereocenters. The molecule has 1 aliphatic heterocycles. The van der Waals surface area contributed by atoms with Crippen LogP contribution in [0.25, 0.3) is 0 Å². The van der Waals surface area contributed by atoms with Gasteiger partial charge in [-0.1, -0.05) is 13.3 Å². The number of nitrogens with zero attached hydrogens (tertiary/aromatic N) is 1. The maximum Gasteiger partial charge on any atom is 0.0654 e. The quantitative estimate of drug-likeness (QED) is 0.840. The molecule has 18 heavy (non-hydrogen) atoms. The summed E-state index contributed by atoms with van der Waals surface area (Å²) >= 11 is 0. The topological polar surface area (TPSA) is 31.1 Å². The molecule has 2 heterocycles. The highest BCUT2D eigenvalue weighted by Gasteiger charge is 2.39. The average Bonchev–Trinajstić information content (AvgIpc) is 2.94. The van der Waals surface area contributed by atoms with E-state index in [1.165, 1.54) is 38.0 Å². The van der Waals surface area contributed by atoms with Gasteiger partial charge in [-0.15, -0.1) is 0 Å². The van der Waals surface area contributed by atoms with Crippen LogP contribution in [0, 0.1) is 0 Å². The van der Waals surface area contributed by atoms with Crippen molar-refractivity contribution in [2.45, 2.75) is 51.1 Å². The normalized spacial score (nSPS) is 22.6. The molecule has 102 valence electrons. The Kier molecular flexibility index (Phi) is 4.46. The van der Waals surface area contributed by atoms with Gasteiger partial charge in [0.15, 0.2) is 0 Å². The van der Waals surface area contributed by atoms with Crippen molar-refractivity contribution in [2.24, 2.45) is 0 Å². The Balaban J connectivity index is 2.23. The van der Waals surface area contributed by atoms with E-state index in [2.05, 4.69) is 48.2 Å². The van der Waals surface area contributed by atoms with Crippen LogP contribution in [0.3, 0.4) is 0 Å². The van der Waals surface area contributed by atoms with Crippen LogP contribution in [0.2, 0.25) is 0 Å². The molecule has 0 saturated carbocycles. The lowest BCUT2D eigenvalue weighted by molar-refractivity contribution is 0.0437. The van der Waals surface area contributed by atoms with Gasteiger partial charge in [0, 0.05) is 17.4 Å². The minimum Gasteiger partial charge on any atom is -0.364 e. The van der Waals surface area contributed by atoms with Crippen LogP contribution in [0.15, 0.2) is 18.3 Å². The van der Waals surface area contributed by atoms with Crippen LogP contribution in [-0.4, -0.2) is 35.6 Å². The molecule has 3 nitrogen and oxygen atoms in total. The first kappa shape index (κ1) is 13.6. The van der Waals surface area contributed by atoms with E-state index in [0.717, 1.165) is 6.42 Å². The standard InChI is InChI=1S/C15H27N3/c1-4-15(2,18-11-6-5-7-12-18)14(16-3)13-9-8-10-17-13/h8-10,14,16-17H,4-7,11-12H2,1-3H3. The molecule has 1 aliphatic rings. The molecule has 1 aromatic rings. The summed E-state index contributed by atoms with van der Waals surface area (Å²) in [6.45, 7) is 7.19. The number of nitrogens with one attached hydrogen (secondary N) is 2. The number of hydrogen-bond acceptors (Lipinski definition) is 2. The third-order valence-electron chi connectivity index (χ3n) is 4.64. The molecule has 1 saturated heterocycles. The van der Waals surface area contributed by atoms with Crippen LogP contribution >= 0.6 is 0 Å². The van der Waals surface area contributed by atoms with E-state index in [1.54, 1.807) is 0 Å². The van der Waals surface area contributed by atoms with Crippen molar-refractivity contribution in [3.63, 3.8) is 0 Å². The maximum absolute atomic E-state index is 3.52. The van der Waals surface area contributed by atoms with E-state index >= 15 is 0 Å². The van der Waals surface area contributed by atoms with Crippen molar-refractivity contribution in [1.29, 1.82) is 0 Å². The van der Waals surface area contributed by atoms with Crippen LogP contribution in [-0.2, 0) is 0 Å². The van der Waals surface area contributed by atoms with Gasteiger partial charge in [-0.05, 0) is 58.5 Å². The number of likely N-dealkylation sites (tertiary alicyclic amines) is 1. The summed E-state index contributed by atoms with van der Waals surface area (Å²) in [5.74, 6) is 0. The fraction of sp³-hybridized carbons (Fsp3) is 0.733. The SMILES string of the molecule is CCC(C)(C(NC)c1ccc[nH]1)N1CCCCC1. The predicted molar refractivity (Wildman–Crippen MR) is 76.7 cm³/mol. The van der Waals surface area contributed by atoms with Gasteiger partial charge in [0.25, 0.3) is 0 Å². The Labute approximate surface area is 111 Å². The second kappa shape index (κ2) is 5.89. The van der Waals surface area contributed by atoms with E-state index in [-0.39, 0.29) is 5.54 Å². The predicted octanol–water partition coefficient (Wildman–Crippen LogP) is 2.93. The second-order valence-corrected chi connectivity index (χ2v) is 5.61. The summed E-state index contributed by atoms with van der Waals surface area (Å²) in [4.78, 5) is 6.06.